The molecule has 0 saturated carbocycles. The molecule has 11 nitrogen and oxygen atoms in total. The van der Waals surface area contributed by atoms with Gasteiger partial charge < -0.3 is 29.9 Å². The zero-order chi connectivity index (χ0) is 28.2. The second-order valence-corrected chi connectivity index (χ2v) is 10.2. The van der Waals surface area contributed by atoms with Crippen molar-refractivity contribution in [3.63, 3.8) is 0 Å². The number of carbonyl (C=O) groups is 2. The van der Waals surface area contributed by atoms with Crippen molar-refractivity contribution in [3.05, 3.63) is 65.2 Å². The number of carbonyl (C=O) groups excluding carboxylic acids is 1. The molecule has 4 aromatic rings. The highest BCUT2D eigenvalue weighted by Gasteiger charge is 2.28. The van der Waals surface area contributed by atoms with Crippen LogP contribution in [0.1, 0.15) is 45.9 Å². The Bertz CT molecular complexity index is 1540. The van der Waals surface area contributed by atoms with Crippen LogP contribution in [0.25, 0.3) is 22.3 Å². The van der Waals surface area contributed by atoms with Gasteiger partial charge in [0.1, 0.15) is 11.5 Å². The van der Waals surface area contributed by atoms with Gasteiger partial charge in [0.05, 0.1) is 28.8 Å². The van der Waals surface area contributed by atoms with E-state index in [0.717, 1.165) is 66.1 Å². The first-order chi connectivity index (χ1) is 19.4. The van der Waals surface area contributed by atoms with Gasteiger partial charge in [-0.1, -0.05) is 6.07 Å². The Hall–Kier alpha value is -4.35. The van der Waals surface area contributed by atoms with Gasteiger partial charge in [0.15, 0.2) is 0 Å². The Kier molecular flexibility index (Phi) is 8.04. The molecule has 0 aromatic carbocycles. The highest BCUT2D eigenvalue weighted by molar-refractivity contribution is 6.06. The number of nitrogens with one attached hydrogen (secondary N) is 2. The van der Waals surface area contributed by atoms with E-state index in [1.807, 2.05) is 36.0 Å². The Morgan fingerprint density at radius 1 is 1.20 bits per heavy atom. The van der Waals surface area contributed by atoms with Crippen molar-refractivity contribution in [1.29, 1.82) is 0 Å². The van der Waals surface area contributed by atoms with Gasteiger partial charge in [-0.05, 0) is 56.6 Å². The second kappa shape index (κ2) is 11.8. The number of hydrogen-bond acceptors (Lipinski definition) is 8. The third kappa shape index (κ3) is 5.38. The minimum atomic E-state index is -0.250. The van der Waals surface area contributed by atoms with Crippen LogP contribution in [0.4, 0.5) is 11.5 Å². The van der Waals surface area contributed by atoms with Crippen molar-refractivity contribution in [2.75, 3.05) is 32.6 Å². The molecule has 0 unspecified atom stereocenters. The fourth-order valence-corrected chi connectivity index (χ4v) is 5.47. The number of fused-ring (bicyclic) bond motifs is 2. The normalized spacial score (nSPS) is 14.9. The topological polar surface area (TPSA) is 134 Å². The summed E-state index contributed by atoms with van der Waals surface area (Å²) in [5, 5.41) is 14.3. The Morgan fingerprint density at radius 3 is 2.73 bits per heavy atom. The summed E-state index contributed by atoms with van der Waals surface area (Å²) < 4.78 is 7.56. The molecule has 3 N–H and O–H groups in total. The molecule has 2 aliphatic rings. The molecule has 208 valence electrons. The standard InChI is InChI=1S/C28H31N7O2.CH2O2/c1-34(2)16-23-18(17-8-12-37-13-9-17)4-5-24(33-23)32-22-15-30-26(21-14-31-28(36)25(21)22)19-6-10-29-27-20(19)7-11-35(27)3;2-1-3/h4-7,10-11,15,17H,8-9,12-14,16H2,1-3H3,(H,31,36)(H,32,33);1H,(H,2,3). The van der Waals surface area contributed by atoms with Gasteiger partial charge >= 0.3 is 0 Å². The monoisotopic (exact) mass is 543 g/mol. The minimum Gasteiger partial charge on any atom is -0.483 e. The zero-order valence-electron chi connectivity index (χ0n) is 22.8. The van der Waals surface area contributed by atoms with Gasteiger partial charge in [-0.3, -0.25) is 14.6 Å². The second-order valence-electron chi connectivity index (χ2n) is 10.2. The lowest BCUT2D eigenvalue weighted by atomic mass is 9.90. The van der Waals surface area contributed by atoms with Crippen LogP contribution in [0.15, 0.2) is 42.9 Å². The maximum absolute atomic E-state index is 13.0. The predicted molar refractivity (Wildman–Crippen MR) is 152 cm³/mol. The quantitative estimate of drug-likeness (QED) is 0.311. The first-order valence-corrected chi connectivity index (χ1v) is 13.2. The summed E-state index contributed by atoms with van der Waals surface area (Å²) in [5.41, 5.74) is 7.16. The van der Waals surface area contributed by atoms with E-state index in [1.165, 1.54) is 5.56 Å². The zero-order valence-corrected chi connectivity index (χ0v) is 22.8. The van der Waals surface area contributed by atoms with Crippen molar-refractivity contribution >= 4 is 34.9 Å². The molecule has 0 bridgehead atoms. The van der Waals surface area contributed by atoms with Crippen LogP contribution >= 0.6 is 0 Å². The Balaban J connectivity index is 0.00000103. The van der Waals surface area contributed by atoms with E-state index in [1.54, 1.807) is 12.4 Å². The van der Waals surface area contributed by atoms with Crippen LogP contribution < -0.4 is 10.6 Å². The van der Waals surface area contributed by atoms with E-state index in [9.17, 15) is 4.79 Å². The molecule has 6 heterocycles. The lowest BCUT2D eigenvalue weighted by Crippen LogP contribution is -2.20. The van der Waals surface area contributed by atoms with E-state index in [2.05, 4.69) is 40.7 Å². The highest BCUT2D eigenvalue weighted by Crippen LogP contribution is 2.36. The smallest absolute Gasteiger partial charge is 0.290 e. The number of anilines is 2. The molecular formula is C29H33N7O4. The van der Waals surface area contributed by atoms with E-state index in [4.69, 9.17) is 24.6 Å². The minimum absolute atomic E-state index is 0.105. The molecule has 0 aliphatic carbocycles. The molecule has 1 amide bonds. The first-order valence-electron chi connectivity index (χ1n) is 13.2. The highest BCUT2D eigenvalue weighted by atomic mass is 16.5. The number of hydrogen-bond donors (Lipinski definition) is 3. The average molecular weight is 544 g/mol. The maximum Gasteiger partial charge on any atom is 0.290 e. The third-order valence-corrected chi connectivity index (χ3v) is 7.25. The van der Waals surface area contributed by atoms with Gasteiger partial charge in [0, 0.05) is 62.3 Å². The van der Waals surface area contributed by atoms with Gasteiger partial charge in [-0.2, -0.15) is 0 Å². The number of pyridine rings is 3. The van der Waals surface area contributed by atoms with E-state index in [-0.39, 0.29) is 12.4 Å². The summed E-state index contributed by atoms with van der Waals surface area (Å²) >= 11 is 0. The summed E-state index contributed by atoms with van der Waals surface area (Å²) in [7, 11) is 6.08. The van der Waals surface area contributed by atoms with Gasteiger partial charge in [0.25, 0.3) is 12.4 Å². The van der Waals surface area contributed by atoms with Gasteiger partial charge in [-0.15, -0.1) is 0 Å². The van der Waals surface area contributed by atoms with Crippen molar-refractivity contribution in [2.24, 2.45) is 7.05 Å². The van der Waals surface area contributed by atoms with Gasteiger partial charge in [-0.25, -0.2) is 9.97 Å². The molecular weight excluding hydrogens is 510 g/mol. The molecule has 11 heteroatoms. The van der Waals surface area contributed by atoms with Crippen LogP contribution in [-0.2, 0) is 29.7 Å². The van der Waals surface area contributed by atoms with Crippen molar-refractivity contribution in [3.8, 4) is 11.3 Å². The van der Waals surface area contributed by atoms with Crippen LogP contribution in [0.2, 0.25) is 0 Å². The molecule has 0 atom stereocenters. The summed E-state index contributed by atoms with van der Waals surface area (Å²) in [6.45, 7) is 2.51. The lowest BCUT2D eigenvalue weighted by molar-refractivity contribution is -0.122. The summed E-state index contributed by atoms with van der Waals surface area (Å²) in [6, 6.07) is 8.19. The van der Waals surface area contributed by atoms with E-state index >= 15 is 0 Å². The fraction of sp³-hybridized carbons (Fsp3) is 0.345. The van der Waals surface area contributed by atoms with Crippen molar-refractivity contribution in [1.82, 2.24) is 29.7 Å². The van der Waals surface area contributed by atoms with Crippen molar-refractivity contribution < 1.29 is 19.4 Å². The van der Waals surface area contributed by atoms with Crippen LogP contribution in [0, 0.1) is 0 Å². The van der Waals surface area contributed by atoms with Gasteiger partial charge in [0.2, 0.25) is 0 Å². The maximum atomic E-state index is 13.0. The van der Waals surface area contributed by atoms with E-state index < -0.39 is 0 Å². The third-order valence-electron chi connectivity index (χ3n) is 7.25. The number of carboxylic acid groups (broad SMARTS) is 1. The lowest BCUT2D eigenvalue weighted by Gasteiger charge is -2.25. The molecule has 4 aromatic heterocycles. The number of aromatic nitrogens is 4. The SMILES string of the molecule is CN(C)Cc1nc(Nc2cnc(-c3ccnc4c3ccn4C)c3c2C(=O)NC3)ccc1C1CCOCC1.O=CO. The molecule has 1 fully saturated rings. The molecule has 1 saturated heterocycles. The molecule has 2 aliphatic heterocycles. The molecule has 40 heavy (non-hydrogen) atoms. The summed E-state index contributed by atoms with van der Waals surface area (Å²) in [4.78, 5) is 37.8. The fourth-order valence-electron chi connectivity index (χ4n) is 5.47. The molecule has 6 rings (SSSR count). The Labute approximate surface area is 232 Å². The van der Waals surface area contributed by atoms with Crippen LogP contribution in [-0.4, -0.2) is 69.2 Å². The molecule has 0 spiro atoms. The largest absolute Gasteiger partial charge is 0.483 e. The number of aryl methyl sites for hydroxylation is 1. The average Bonchev–Trinajstić information content (AvgIpc) is 3.53. The Morgan fingerprint density at radius 2 is 1.98 bits per heavy atom. The van der Waals surface area contributed by atoms with Crippen LogP contribution in [0.3, 0.4) is 0 Å². The number of nitrogens with zero attached hydrogens (tertiary/aromatic N) is 5. The summed E-state index contributed by atoms with van der Waals surface area (Å²) in [5.74, 6) is 1.06. The number of amides is 1. The molecule has 0 radical (unpaired) electrons. The summed E-state index contributed by atoms with van der Waals surface area (Å²) in [6.07, 6.45) is 7.54. The van der Waals surface area contributed by atoms with Crippen LogP contribution in [0.5, 0.6) is 0 Å². The van der Waals surface area contributed by atoms with E-state index in [0.29, 0.717) is 29.5 Å². The number of rotatable bonds is 6. The first kappa shape index (κ1) is 27.2. The predicted octanol–water partition coefficient (Wildman–Crippen LogP) is 3.67. The number of ether oxygens (including phenoxy) is 1. The van der Waals surface area contributed by atoms with Crippen molar-refractivity contribution in [2.45, 2.75) is 31.8 Å².